The molecule has 0 unspecified atom stereocenters. The molecule has 0 spiro atoms. The summed E-state index contributed by atoms with van der Waals surface area (Å²) in [6.07, 6.45) is 0.539. The summed E-state index contributed by atoms with van der Waals surface area (Å²) in [5.74, 6) is 0.573. The fourth-order valence-corrected chi connectivity index (χ4v) is 2.38. The van der Waals surface area contributed by atoms with Gasteiger partial charge in [0.2, 0.25) is 0 Å². The van der Waals surface area contributed by atoms with Gasteiger partial charge in [0.1, 0.15) is 16.1 Å². The van der Waals surface area contributed by atoms with E-state index in [1.54, 1.807) is 11.3 Å². The van der Waals surface area contributed by atoms with Crippen molar-refractivity contribution in [2.24, 2.45) is 0 Å². The molecule has 2 rings (SSSR count). The van der Waals surface area contributed by atoms with Gasteiger partial charge in [-0.2, -0.15) is 0 Å². The van der Waals surface area contributed by atoms with Crippen LogP contribution < -0.4 is 0 Å². The topological polar surface area (TPSA) is 38.7 Å². The van der Waals surface area contributed by atoms with Gasteiger partial charge in [-0.1, -0.05) is 23.2 Å². The summed E-state index contributed by atoms with van der Waals surface area (Å²) in [7, 11) is 0. The third kappa shape index (κ3) is 2.71. The van der Waals surface area contributed by atoms with E-state index in [1.165, 1.54) is 0 Å². The number of halogens is 3. The van der Waals surface area contributed by atoms with Crippen molar-refractivity contribution in [2.75, 3.05) is 0 Å². The molecule has 0 N–H and O–H groups in total. The third-order valence-corrected chi connectivity index (χ3v) is 4.40. The lowest BCUT2D eigenvalue weighted by atomic mass is 10.3. The molecule has 0 aliphatic rings. The summed E-state index contributed by atoms with van der Waals surface area (Å²) in [5, 5.41) is 3.64. The Morgan fingerprint density at radius 3 is 2.38 bits per heavy atom. The fraction of sp³-hybridized carbons (Fsp3) is 0.222. The van der Waals surface area contributed by atoms with Gasteiger partial charge < -0.3 is 0 Å². The first-order valence-corrected chi connectivity index (χ1v) is 6.77. The van der Waals surface area contributed by atoms with Crippen molar-refractivity contribution >= 4 is 50.5 Å². The van der Waals surface area contributed by atoms with Crippen LogP contribution in [0.5, 0.6) is 0 Å². The summed E-state index contributed by atoms with van der Waals surface area (Å²) in [5.41, 5.74) is 0.928. The zero-order chi connectivity index (χ0) is 11.7. The highest BCUT2D eigenvalue weighted by Gasteiger charge is 2.10. The summed E-state index contributed by atoms with van der Waals surface area (Å²) in [4.78, 5) is 12.6. The van der Waals surface area contributed by atoms with E-state index in [0.717, 1.165) is 10.7 Å². The van der Waals surface area contributed by atoms with Crippen molar-refractivity contribution in [3.8, 4) is 0 Å². The Morgan fingerprint density at radius 2 is 1.88 bits per heavy atom. The molecule has 84 valence electrons. The smallest absolute Gasteiger partial charge is 0.148 e. The van der Waals surface area contributed by atoms with Gasteiger partial charge in [0.15, 0.2) is 0 Å². The maximum atomic E-state index is 5.89. The van der Waals surface area contributed by atoms with Crippen LogP contribution in [0.25, 0.3) is 0 Å². The monoisotopic (exact) mass is 337 g/mol. The molecule has 0 fully saturated rings. The van der Waals surface area contributed by atoms with E-state index in [4.69, 9.17) is 23.2 Å². The van der Waals surface area contributed by atoms with Crippen molar-refractivity contribution in [3.63, 3.8) is 0 Å². The summed E-state index contributed by atoms with van der Waals surface area (Å²) >= 11 is 16.6. The Labute approximate surface area is 115 Å². The second-order valence-electron chi connectivity index (χ2n) is 3.07. The molecule has 0 amide bonds. The van der Waals surface area contributed by atoms with Crippen LogP contribution in [0.4, 0.5) is 0 Å². The predicted octanol–water partition coefficient (Wildman–Crippen LogP) is 3.90. The summed E-state index contributed by atoms with van der Waals surface area (Å²) in [6, 6.07) is 0. The SMILES string of the molecule is Cc1nc(Cc2nc(Cl)c(Br)c(Cl)n2)cs1. The second-order valence-corrected chi connectivity index (χ2v) is 5.64. The maximum absolute atomic E-state index is 5.89. The zero-order valence-electron chi connectivity index (χ0n) is 8.17. The zero-order valence-corrected chi connectivity index (χ0v) is 12.1. The molecule has 0 bridgehead atoms. The molecular weight excluding hydrogens is 333 g/mol. The highest BCUT2D eigenvalue weighted by atomic mass is 79.9. The van der Waals surface area contributed by atoms with Crippen LogP contribution in [-0.4, -0.2) is 15.0 Å². The van der Waals surface area contributed by atoms with Crippen LogP contribution in [0.3, 0.4) is 0 Å². The first kappa shape index (κ1) is 12.2. The molecule has 0 aliphatic carbocycles. The highest BCUT2D eigenvalue weighted by molar-refractivity contribution is 9.10. The standard InChI is InChI=1S/C9H6BrCl2N3S/c1-4-13-5(3-16-4)2-6-14-8(11)7(10)9(12)15-6/h3H,2H2,1H3. The Kier molecular flexibility index (Phi) is 3.79. The predicted molar refractivity (Wildman–Crippen MR) is 69.4 cm³/mol. The number of thiazole rings is 1. The quantitative estimate of drug-likeness (QED) is 0.779. The minimum Gasteiger partial charge on any atom is -0.246 e. The van der Waals surface area contributed by atoms with Gasteiger partial charge in [0.25, 0.3) is 0 Å². The summed E-state index contributed by atoms with van der Waals surface area (Å²) < 4.78 is 0.522. The fourth-order valence-electron chi connectivity index (χ4n) is 1.17. The molecule has 7 heteroatoms. The van der Waals surface area contributed by atoms with Crippen LogP contribution >= 0.6 is 50.5 Å². The van der Waals surface area contributed by atoms with Crippen molar-refractivity contribution in [1.29, 1.82) is 0 Å². The average Bonchev–Trinajstić information content (AvgIpc) is 2.60. The van der Waals surface area contributed by atoms with Crippen LogP contribution in [0.2, 0.25) is 10.3 Å². The molecule has 16 heavy (non-hydrogen) atoms. The Hall–Kier alpha value is -0.230. The van der Waals surface area contributed by atoms with Crippen molar-refractivity contribution in [3.05, 3.63) is 36.7 Å². The minimum atomic E-state index is 0.321. The number of rotatable bonds is 2. The van der Waals surface area contributed by atoms with E-state index < -0.39 is 0 Å². The molecule has 2 aromatic rings. The molecule has 2 aromatic heterocycles. The lowest BCUT2D eigenvalue weighted by Gasteiger charge is -2.01. The normalized spacial score (nSPS) is 10.8. The van der Waals surface area contributed by atoms with Gasteiger partial charge in [-0.3, -0.25) is 0 Å². The minimum absolute atomic E-state index is 0.321. The van der Waals surface area contributed by atoms with E-state index in [0.29, 0.717) is 27.0 Å². The van der Waals surface area contributed by atoms with E-state index in [1.807, 2.05) is 12.3 Å². The molecule has 0 aliphatic heterocycles. The number of aromatic nitrogens is 3. The molecule has 3 nitrogen and oxygen atoms in total. The van der Waals surface area contributed by atoms with Crippen LogP contribution in [0.15, 0.2) is 9.85 Å². The van der Waals surface area contributed by atoms with Gasteiger partial charge in [0.05, 0.1) is 21.6 Å². The van der Waals surface area contributed by atoms with Gasteiger partial charge in [-0.25, -0.2) is 15.0 Å². The van der Waals surface area contributed by atoms with E-state index >= 15 is 0 Å². The third-order valence-electron chi connectivity index (χ3n) is 1.82. The number of aryl methyl sites for hydroxylation is 1. The molecule has 0 saturated heterocycles. The Morgan fingerprint density at radius 1 is 1.25 bits per heavy atom. The van der Waals surface area contributed by atoms with Crippen LogP contribution in [-0.2, 0) is 6.42 Å². The number of hydrogen-bond acceptors (Lipinski definition) is 4. The first-order valence-electron chi connectivity index (χ1n) is 4.34. The molecule has 2 heterocycles. The van der Waals surface area contributed by atoms with E-state index in [2.05, 4.69) is 30.9 Å². The van der Waals surface area contributed by atoms with Gasteiger partial charge in [-0.15, -0.1) is 11.3 Å². The Bertz CT molecular complexity index is 506. The van der Waals surface area contributed by atoms with Crippen molar-refractivity contribution < 1.29 is 0 Å². The van der Waals surface area contributed by atoms with E-state index in [-0.39, 0.29) is 0 Å². The number of hydrogen-bond donors (Lipinski definition) is 0. The highest BCUT2D eigenvalue weighted by Crippen LogP contribution is 2.27. The van der Waals surface area contributed by atoms with Gasteiger partial charge in [-0.05, 0) is 22.9 Å². The van der Waals surface area contributed by atoms with Crippen molar-refractivity contribution in [1.82, 2.24) is 15.0 Å². The maximum Gasteiger partial charge on any atom is 0.148 e. The second kappa shape index (κ2) is 4.96. The lowest BCUT2D eigenvalue weighted by Crippen LogP contribution is -1.98. The van der Waals surface area contributed by atoms with Gasteiger partial charge >= 0.3 is 0 Å². The molecule has 0 aromatic carbocycles. The average molecular weight is 339 g/mol. The molecular formula is C9H6BrCl2N3S. The van der Waals surface area contributed by atoms with Crippen molar-refractivity contribution in [2.45, 2.75) is 13.3 Å². The van der Waals surface area contributed by atoms with Crippen LogP contribution in [0, 0.1) is 6.92 Å². The molecule has 0 atom stereocenters. The van der Waals surface area contributed by atoms with Crippen LogP contribution in [0.1, 0.15) is 16.5 Å². The largest absolute Gasteiger partial charge is 0.246 e. The molecule has 0 saturated carbocycles. The van der Waals surface area contributed by atoms with E-state index in [9.17, 15) is 0 Å². The van der Waals surface area contributed by atoms with Gasteiger partial charge in [0, 0.05) is 5.38 Å². The first-order chi connectivity index (χ1) is 7.56. The lowest BCUT2D eigenvalue weighted by molar-refractivity contribution is 0.936. The number of nitrogens with zero attached hydrogens (tertiary/aromatic N) is 3. The summed E-state index contributed by atoms with van der Waals surface area (Å²) in [6.45, 7) is 1.95. The molecule has 0 radical (unpaired) electrons. The Balaban J connectivity index is 2.28.